The van der Waals surface area contributed by atoms with E-state index >= 15 is 0 Å². The van der Waals surface area contributed by atoms with E-state index in [1.807, 2.05) is 6.07 Å². The molecule has 3 rings (SSSR count). The number of nitrogens with zero attached hydrogens (tertiary/aromatic N) is 2. The van der Waals surface area contributed by atoms with E-state index in [1.165, 1.54) is 12.1 Å². The highest BCUT2D eigenvalue weighted by Gasteiger charge is 2.19. The average molecular weight is 352 g/mol. The van der Waals surface area contributed by atoms with Crippen LogP contribution in [-0.4, -0.2) is 15.2 Å². The Morgan fingerprint density at radius 2 is 2.00 bits per heavy atom. The van der Waals surface area contributed by atoms with Crippen LogP contribution < -0.4 is 4.74 Å². The van der Waals surface area contributed by atoms with Crippen molar-refractivity contribution < 1.29 is 9.13 Å². The molecule has 2 aromatic heterocycles. The third-order valence-electron chi connectivity index (χ3n) is 3.34. The van der Waals surface area contributed by atoms with Gasteiger partial charge in [-0.1, -0.05) is 23.2 Å². The SMILES string of the molecule is CC(Oc1cncc(-c2cn[nH]c2)c1)c1c(Cl)ccc(F)c1Cl. The Morgan fingerprint density at radius 1 is 1.17 bits per heavy atom. The molecule has 1 unspecified atom stereocenters. The van der Waals surface area contributed by atoms with Crippen LogP contribution in [0.25, 0.3) is 11.1 Å². The van der Waals surface area contributed by atoms with Gasteiger partial charge in [-0.15, -0.1) is 0 Å². The van der Waals surface area contributed by atoms with Gasteiger partial charge in [0.1, 0.15) is 17.7 Å². The number of hydrogen-bond acceptors (Lipinski definition) is 3. The molecule has 4 nitrogen and oxygen atoms in total. The quantitative estimate of drug-likeness (QED) is 0.668. The van der Waals surface area contributed by atoms with Crippen molar-refractivity contribution in [3.05, 3.63) is 64.4 Å². The molecule has 0 fully saturated rings. The number of rotatable bonds is 4. The van der Waals surface area contributed by atoms with Crippen LogP contribution in [0.4, 0.5) is 4.39 Å². The molecule has 0 saturated heterocycles. The fourth-order valence-electron chi connectivity index (χ4n) is 2.23. The number of halogens is 3. The lowest BCUT2D eigenvalue weighted by molar-refractivity contribution is 0.226. The zero-order valence-electron chi connectivity index (χ0n) is 12.1. The number of H-pyrrole nitrogens is 1. The van der Waals surface area contributed by atoms with Crippen LogP contribution in [0.5, 0.6) is 5.75 Å². The van der Waals surface area contributed by atoms with Gasteiger partial charge in [0.15, 0.2) is 0 Å². The second-order valence-corrected chi connectivity index (χ2v) is 5.70. The summed E-state index contributed by atoms with van der Waals surface area (Å²) in [7, 11) is 0. The maximum atomic E-state index is 13.6. The predicted molar refractivity (Wildman–Crippen MR) is 87.3 cm³/mol. The Labute approximate surface area is 142 Å². The molecule has 1 aromatic carbocycles. The van der Waals surface area contributed by atoms with Gasteiger partial charge in [0.05, 0.1) is 17.4 Å². The molecule has 0 amide bonds. The van der Waals surface area contributed by atoms with Gasteiger partial charge in [0, 0.05) is 34.1 Å². The highest BCUT2D eigenvalue weighted by Crippen LogP contribution is 2.35. The number of benzene rings is 1. The molecule has 0 spiro atoms. The number of nitrogens with one attached hydrogen (secondary N) is 1. The van der Waals surface area contributed by atoms with Gasteiger partial charge in [0.25, 0.3) is 0 Å². The van der Waals surface area contributed by atoms with Crippen LogP contribution in [0, 0.1) is 5.82 Å². The summed E-state index contributed by atoms with van der Waals surface area (Å²) < 4.78 is 19.5. The standard InChI is InChI=1S/C16H12Cl2FN3O/c1-9(15-13(17)2-3-14(19)16(15)18)23-12-4-10(5-20-8-12)11-6-21-22-7-11/h2-9H,1H3,(H,21,22). The largest absolute Gasteiger partial charge is 0.484 e. The topological polar surface area (TPSA) is 50.8 Å². The number of hydrogen-bond donors (Lipinski definition) is 1. The smallest absolute Gasteiger partial charge is 0.142 e. The van der Waals surface area contributed by atoms with Crippen molar-refractivity contribution in [3.63, 3.8) is 0 Å². The molecule has 118 valence electrons. The van der Waals surface area contributed by atoms with E-state index in [0.717, 1.165) is 11.1 Å². The number of pyridine rings is 1. The predicted octanol–water partition coefficient (Wildman–Crippen LogP) is 5.06. The van der Waals surface area contributed by atoms with Crippen LogP contribution in [-0.2, 0) is 0 Å². The molecule has 7 heteroatoms. The molecular weight excluding hydrogens is 340 g/mol. The van der Waals surface area contributed by atoms with Crippen LogP contribution >= 0.6 is 23.2 Å². The van der Waals surface area contributed by atoms with E-state index in [-0.39, 0.29) is 5.02 Å². The van der Waals surface area contributed by atoms with Crippen molar-refractivity contribution in [2.45, 2.75) is 13.0 Å². The third kappa shape index (κ3) is 3.30. The van der Waals surface area contributed by atoms with Crippen molar-refractivity contribution in [3.8, 4) is 16.9 Å². The van der Waals surface area contributed by atoms with E-state index < -0.39 is 11.9 Å². The van der Waals surface area contributed by atoms with E-state index in [9.17, 15) is 4.39 Å². The minimum Gasteiger partial charge on any atom is -0.484 e. The van der Waals surface area contributed by atoms with E-state index in [0.29, 0.717) is 16.3 Å². The Morgan fingerprint density at radius 3 is 2.74 bits per heavy atom. The van der Waals surface area contributed by atoms with Gasteiger partial charge in [-0.05, 0) is 25.1 Å². The van der Waals surface area contributed by atoms with Gasteiger partial charge in [-0.3, -0.25) is 10.1 Å². The van der Waals surface area contributed by atoms with E-state index in [1.54, 1.807) is 31.7 Å². The lowest BCUT2D eigenvalue weighted by Crippen LogP contribution is -2.06. The first kappa shape index (κ1) is 15.8. The first-order chi connectivity index (χ1) is 11.1. The molecule has 0 aliphatic carbocycles. The molecule has 2 heterocycles. The monoisotopic (exact) mass is 351 g/mol. The highest BCUT2D eigenvalue weighted by molar-refractivity contribution is 6.36. The molecule has 0 aliphatic heterocycles. The summed E-state index contributed by atoms with van der Waals surface area (Å²) in [5.41, 5.74) is 2.14. The van der Waals surface area contributed by atoms with Gasteiger partial charge in [0.2, 0.25) is 0 Å². The maximum absolute atomic E-state index is 13.6. The third-order valence-corrected chi connectivity index (χ3v) is 4.06. The Balaban J connectivity index is 1.88. The Kier molecular flexibility index (Phi) is 4.50. The molecular formula is C16H12Cl2FN3O. The summed E-state index contributed by atoms with van der Waals surface area (Å²) in [4.78, 5) is 4.14. The Hall–Kier alpha value is -2.11. The highest BCUT2D eigenvalue weighted by atomic mass is 35.5. The summed E-state index contributed by atoms with van der Waals surface area (Å²) in [5, 5.41) is 6.95. The van der Waals surface area contributed by atoms with Gasteiger partial charge < -0.3 is 4.74 Å². The number of aromatic nitrogens is 3. The van der Waals surface area contributed by atoms with Crippen molar-refractivity contribution in [2.24, 2.45) is 0 Å². The molecule has 0 saturated carbocycles. The van der Waals surface area contributed by atoms with Crippen LogP contribution in [0.2, 0.25) is 10.0 Å². The summed E-state index contributed by atoms with van der Waals surface area (Å²) in [6.07, 6.45) is 6.17. The first-order valence-electron chi connectivity index (χ1n) is 6.80. The van der Waals surface area contributed by atoms with Crippen molar-refractivity contribution in [2.75, 3.05) is 0 Å². The lowest BCUT2D eigenvalue weighted by atomic mass is 10.1. The summed E-state index contributed by atoms with van der Waals surface area (Å²) in [6, 6.07) is 4.50. The second-order valence-electron chi connectivity index (χ2n) is 4.91. The zero-order chi connectivity index (χ0) is 16.4. The van der Waals surface area contributed by atoms with Gasteiger partial charge in [-0.25, -0.2) is 4.39 Å². The average Bonchev–Trinajstić information content (AvgIpc) is 3.06. The van der Waals surface area contributed by atoms with Gasteiger partial charge >= 0.3 is 0 Å². The molecule has 23 heavy (non-hydrogen) atoms. The van der Waals surface area contributed by atoms with Crippen molar-refractivity contribution in [1.82, 2.24) is 15.2 Å². The molecule has 0 aliphatic rings. The minimum absolute atomic E-state index is 0.0380. The molecule has 1 N–H and O–H groups in total. The van der Waals surface area contributed by atoms with E-state index in [4.69, 9.17) is 27.9 Å². The van der Waals surface area contributed by atoms with Gasteiger partial charge in [-0.2, -0.15) is 5.10 Å². The van der Waals surface area contributed by atoms with E-state index in [2.05, 4.69) is 15.2 Å². The number of ether oxygens (including phenoxy) is 1. The lowest BCUT2D eigenvalue weighted by Gasteiger charge is -2.18. The zero-order valence-corrected chi connectivity index (χ0v) is 13.6. The Bertz CT molecular complexity index is 824. The molecule has 0 radical (unpaired) electrons. The number of aromatic amines is 1. The van der Waals surface area contributed by atoms with Crippen molar-refractivity contribution >= 4 is 23.2 Å². The minimum atomic E-state index is -0.535. The van der Waals surface area contributed by atoms with Crippen molar-refractivity contribution in [1.29, 1.82) is 0 Å². The maximum Gasteiger partial charge on any atom is 0.142 e. The summed E-state index contributed by atoms with van der Waals surface area (Å²) >= 11 is 12.1. The first-order valence-corrected chi connectivity index (χ1v) is 7.56. The summed E-state index contributed by atoms with van der Waals surface area (Å²) in [6.45, 7) is 1.75. The van der Waals surface area contributed by atoms with Crippen LogP contribution in [0.15, 0.2) is 43.0 Å². The summed E-state index contributed by atoms with van der Waals surface area (Å²) in [5.74, 6) is -0.0145. The normalized spacial score (nSPS) is 12.2. The van der Waals surface area contributed by atoms with Crippen LogP contribution in [0.1, 0.15) is 18.6 Å². The molecule has 0 bridgehead atoms. The molecule has 3 aromatic rings. The molecule has 1 atom stereocenters. The fraction of sp³-hybridized carbons (Fsp3) is 0.125. The second kappa shape index (κ2) is 6.56. The fourth-order valence-corrected chi connectivity index (χ4v) is 2.91. The van der Waals surface area contributed by atoms with Crippen LogP contribution in [0.3, 0.4) is 0 Å².